The molecule has 1 fully saturated rings. The van der Waals surface area contributed by atoms with Gasteiger partial charge in [-0.3, -0.25) is 9.59 Å². The van der Waals surface area contributed by atoms with E-state index in [2.05, 4.69) is 9.24 Å². The van der Waals surface area contributed by atoms with E-state index in [1.807, 2.05) is 95.9 Å². The van der Waals surface area contributed by atoms with Gasteiger partial charge >= 0.3 is 0 Å². The quantitative estimate of drug-likeness (QED) is 0.547. The zero-order valence-electron chi connectivity index (χ0n) is 17.4. The molecule has 31 heavy (non-hydrogen) atoms. The molecule has 2 atom stereocenters. The summed E-state index contributed by atoms with van der Waals surface area (Å²) in [6.07, 6.45) is 1.37. The summed E-state index contributed by atoms with van der Waals surface area (Å²) < 4.78 is 0. The van der Waals surface area contributed by atoms with Gasteiger partial charge in [0.2, 0.25) is 11.8 Å². The van der Waals surface area contributed by atoms with Crippen LogP contribution in [0.2, 0.25) is 0 Å². The monoisotopic (exact) mass is 430 g/mol. The summed E-state index contributed by atoms with van der Waals surface area (Å²) in [5.74, 6) is -0.444. The second-order valence-corrected chi connectivity index (χ2v) is 8.28. The summed E-state index contributed by atoms with van der Waals surface area (Å²) in [6, 6.07) is 28.9. The molecule has 1 saturated heterocycles. The van der Waals surface area contributed by atoms with E-state index in [4.69, 9.17) is 0 Å². The maximum atomic E-state index is 13.9. The molecular formula is C26H27N2O2P. The fourth-order valence-corrected chi connectivity index (χ4v) is 4.60. The first-order valence-electron chi connectivity index (χ1n) is 10.7. The third-order valence-electron chi connectivity index (χ3n) is 5.80. The van der Waals surface area contributed by atoms with Gasteiger partial charge in [0.15, 0.2) is 0 Å². The van der Waals surface area contributed by atoms with Gasteiger partial charge in [0, 0.05) is 18.8 Å². The number of para-hydroxylation sites is 1. The van der Waals surface area contributed by atoms with Gasteiger partial charge in [-0.15, -0.1) is 9.24 Å². The minimum Gasteiger partial charge on any atom is -0.328 e. The fourth-order valence-electron chi connectivity index (χ4n) is 4.29. The number of benzene rings is 3. The summed E-state index contributed by atoms with van der Waals surface area (Å²) in [6.45, 7) is 1.02. The lowest BCUT2D eigenvalue weighted by molar-refractivity contribution is -0.142. The third-order valence-corrected chi connectivity index (χ3v) is 6.13. The third kappa shape index (κ3) is 4.55. The standard InChI is InChI=1S/C26H27N2O2P/c29-25-23(16-19-31)28(18-17-27(25)22-14-8-3-9-15-22)26(30)24(20-10-4-1-5-11-20)21-12-6-2-7-13-21/h1-15,23-24H,16-19,31H2. The van der Waals surface area contributed by atoms with Crippen LogP contribution in [0.5, 0.6) is 0 Å². The van der Waals surface area contributed by atoms with Gasteiger partial charge in [-0.05, 0) is 35.8 Å². The highest BCUT2D eigenvalue weighted by Crippen LogP contribution is 2.30. The molecule has 4 nitrogen and oxygen atoms in total. The Balaban J connectivity index is 1.67. The second-order valence-electron chi connectivity index (χ2n) is 7.70. The molecule has 2 amide bonds. The predicted molar refractivity (Wildman–Crippen MR) is 128 cm³/mol. The van der Waals surface area contributed by atoms with Crippen molar-refractivity contribution in [2.24, 2.45) is 0 Å². The zero-order valence-corrected chi connectivity index (χ0v) is 18.6. The molecule has 0 saturated carbocycles. The van der Waals surface area contributed by atoms with Gasteiger partial charge in [0.25, 0.3) is 0 Å². The van der Waals surface area contributed by atoms with Crippen molar-refractivity contribution < 1.29 is 9.59 Å². The van der Waals surface area contributed by atoms with Crippen LogP contribution in [-0.4, -0.2) is 42.0 Å². The first-order chi connectivity index (χ1) is 15.2. The van der Waals surface area contributed by atoms with Crippen LogP contribution in [0.3, 0.4) is 0 Å². The van der Waals surface area contributed by atoms with E-state index < -0.39 is 12.0 Å². The number of piperazine rings is 1. The lowest BCUT2D eigenvalue weighted by Crippen LogP contribution is -2.60. The topological polar surface area (TPSA) is 40.6 Å². The number of carbonyl (C=O) groups is 2. The average molecular weight is 430 g/mol. The lowest BCUT2D eigenvalue weighted by Gasteiger charge is -2.42. The van der Waals surface area contributed by atoms with Gasteiger partial charge in [-0.1, -0.05) is 78.9 Å². The van der Waals surface area contributed by atoms with Gasteiger partial charge < -0.3 is 9.80 Å². The number of hydrogen-bond acceptors (Lipinski definition) is 2. The molecule has 158 valence electrons. The predicted octanol–water partition coefficient (Wildman–Crippen LogP) is 4.33. The maximum absolute atomic E-state index is 13.9. The first kappa shape index (κ1) is 21.3. The Kier molecular flexibility index (Phi) is 6.79. The minimum atomic E-state index is -0.464. The summed E-state index contributed by atoms with van der Waals surface area (Å²) >= 11 is 0. The molecule has 0 spiro atoms. The molecule has 5 heteroatoms. The van der Waals surface area contributed by atoms with Crippen molar-refractivity contribution in [3.05, 3.63) is 102 Å². The van der Waals surface area contributed by atoms with E-state index in [9.17, 15) is 9.59 Å². The molecule has 0 aliphatic carbocycles. The normalized spacial score (nSPS) is 16.6. The van der Waals surface area contributed by atoms with Crippen LogP contribution in [0, 0.1) is 0 Å². The first-order valence-corrected chi connectivity index (χ1v) is 11.5. The zero-order chi connectivity index (χ0) is 21.6. The summed E-state index contributed by atoms with van der Waals surface area (Å²) in [5, 5.41) is 0. The number of rotatable bonds is 6. The molecule has 0 aromatic heterocycles. The molecule has 3 aromatic rings. The molecule has 1 aliphatic rings. The van der Waals surface area contributed by atoms with Crippen molar-refractivity contribution in [1.82, 2.24) is 4.90 Å². The van der Waals surface area contributed by atoms with Crippen molar-refractivity contribution >= 4 is 26.7 Å². The van der Waals surface area contributed by atoms with Crippen molar-refractivity contribution in [2.75, 3.05) is 24.2 Å². The van der Waals surface area contributed by atoms with E-state index in [1.54, 1.807) is 4.90 Å². The minimum absolute atomic E-state index is 0.00637. The van der Waals surface area contributed by atoms with Crippen LogP contribution in [0.1, 0.15) is 23.5 Å². The summed E-state index contributed by atoms with van der Waals surface area (Å²) in [5.41, 5.74) is 2.78. The number of carbonyl (C=O) groups excluding carboxylic acids is 2. The van der Waals surface area contributed by atoms with Crippen molar-refractivity contribution in [3.8, 4) is 0 Å². The number of amides is 2. The maximum Gasteiger partial charge on any atom is 0.249 e. The second kappa shape index (κ2) is 9.89. The van der Waals surface area contributed by atoms with Gasteiger partial charge in [-0.25, -0.2) is 0 Å². The molecule has 1 heterocycles. The highest BCUT2D eigenvalue weighted by atomic mass is 31.0. The summed E-state index contributed by atoms with van der Waals surface area (Å²) in [7, 11) is 2.69. The van der Waals surface area contributed by atoms with Gasteiger partial charge in [-0.2, -0.15) is 0 Å². The largest absolute Gasteiger partial charge is 0.328 e. The number of anilines is 1. The summed E-state index contributed by atoms with van der Waals surface area (Å²) in [4.78, 5) is 31.0. The van der Waals surface area contributed by atoms with Crippen LogP contribution in [0.4, 0.5) is 5.69 Å². The lowest BCUT2D eigenvalue weighted by atomic mass is 9.89. The molecule has 2 unspecified atom stereocenters. The Morgan fingerprint density at radius 3 is 1.87 bits per heavy atom. The molecule has 0 N–H and O–H groups in total. The van der Waals surface area contributed by atoms with Crippen LogP contribution in [-0.2, 0) is 9.59 Å². The molecule has 0 radical (unpaired) electrons. The number of hydrogen-bond donors (Lipinski definition) is 0. The fraction of sp³-hybridized carbons (Fsp3) is 0.231. The van der Waals surface area contributed by atoms with E-state index in [0.717, 1.165) is 23.0 Å². The van der Waals surface area contributed by atoms with E-state index in [0.29, 0.717) is 19.5 Å². The van der Waals surface area contributed by atoms with E-state index >= 15 is 0 Å². The number of nitrogens with zero attached hydrogens (tertiary/aromatic N) is 2. The highest BCUT2D eigenvalue weighted by molar-refractivity contribution is 7.16. The Morgan fingerprint density at radius 2 is 1.35 bits per heavy atom. The molecular weight excluding hydrogens is 403 g/mol. The van der Waals surface area contributed by atoms with E-state index in [-0.39, 0.29) is 11.8 Å². The molecule has 3 aromatic carbocycles. The van der Waals surface area contributed by atoms with Crippen molar-refractivity contribution in [3.63, 3.8) is 0 Å². The van der Waals surface area contributed by atoms with Gasteiger partial charge in [0.05, 0.1) is 5.92 Å². The Bertz CT molecular complexity index is 972. The molecule has 4 rings (SSSR count). The van der Waals surface area contributed by atoms with Crippen LogP contribution in [0.25, 0.3) is 0 Å². The molecule has 1 aliphatic heterocycles. The van der Waals surface area contributed by atoms with Crippen LogP contribution in [0.15, 0.2) is 91.0 Å². The Hall–Kier alpha value is -2.97. The van der Waals surface area contributed by atoms with Crippen LogP contribution < -0.4 is 4.90 Å². The van der Waals surface area contributed by atoms with Crippen LogP contribution >= 0.6 is 9.24 Å². The average Bonchev–Trinajstić information content (AvgIpc) is 2.82. The van der Waals surface area contributed by atoms with Crippen molar-refractivity contribution in [1.29, 1.82) is 0 Å². The van der Waals surface area contributed by atoms with E-state index in [1.165, 1.54) is 0 Å². The van der Waals surface area contributed by atoms with Crippen molar-refractivity contribution in [2.45, 2.75) is 18.4 Å². The Labute approximate surface area is 186 Å². The molecule has 0 bridgehead atoms. The SMILES string of the molecule is O=C1C(CCP)N(C(=O)C(c2ccccc2)c2ccccc2)CCN1c1ccccc1. The van der Waals surface area contributed by atoms with Gasteiger partial charge in [0.1, 0.15) is 6.04 Å². The Morgan fingerprint density at radius 1 is 0.839 bits per heavy atom. The highest BCUT2D eigenvalue weighted by Gasteiger charge is 2.40. The smallest absolute Gasteiger partial charge is 0.249 e.